The Morgan fingerprint density at radius 2 is 0.968 bits per heavy atom. The second kappa shape index (κ2) is 14.7. The summed E-state index contributed by atoms with van der Waals surface area (Å²) in [6.07, 6.45) is 0. The molecule has 0 aliphatic heterocycles. The van der Waals surface area contributed by atoms with E-state index in [-0.39, 0.29) is 54.8 Å². The van der Waals surface area contributed by atoms with Gasteiger partial charge in [-0.3, -0.25) is 0 Å². The van der Waals surface area contributed by atoms with Crippen molar-refractivity contribution >= 4 is 31.5 Å². The number of nitrogens with zero attached hydrogens (tertiary/aromatic N) is 3. The quantitative estimate of drug-likeness (QED) is 0.161. The molecular weight excluding hydrogens is 771 g/mol. The van der Waals surface area contributed by atoms with Gasteiger partial charge in [-0.1, -0.05) is 194 Å². The molecule has 290 valence electrons. The molecule has 3 nitrogen and oxygen atoms in total. The van der Waals surface area contributed by atoms with Crippen LogP contribution in [0, 0.1) is 0 Å². The average Bonchev–Trinajstić information content (AvgIpc) is 3.98. The first-order valence-electron chi connectivity index (χ1n) is 25.6. The number of aromatic nitrogens is 3. The van der Waals surface area contributed by atoms with E-state index in [1.54, 1.807) is 0 Å². The lowest BCUT2D eigenvalue weighted by Gasteiger charge is -2.34. The number of hydrogen-bond donors (Lipinski definition) is 0. The highest BCUT2D eigenvalue weighted by atomic mass is 32.1. The molecule has 0 saturated heterocycles. The van der Waals surface area contributed by atoms with Crippen molar-refractivity contribution in [1.82, 2.24) is 15.0 Å². The number of fused-ring (bicyclic) bond motifs is 6. The predicted octanol–water partition coefficient (Wildman–Crippen LogP) is 14.9. The van der Waals surface area contributed by atoms with Crippen LogP contribution in [-0.2, 0) is 5.41 Å². The first kappa shape index (κ1) is 26.4. The molecular formula is C58H37N3S. The Morgan fingerprint density at radius 1 is 0.371 bits per heavy atom. The first-order valence-corrected chi connectivity index (χ1v) is 20.9. The number of rotatable bonds is 7. The molecule has 11 aromatic rings. The van der Waals surface area contributed by atoms with Gasteiger partial charge in [-0.15, -0.1) is 11.3 Å². The summed E-state index contributed by atoms with van der Waals surface area (Å²) in [5, 5.41) is -0.0390. The number of thiophene rings is 1. The van der Waals surface area contributed by atoms with Gasteiger partial charge >= 0.3 is 0 Å². The van der Waals surface area contributed by atoms with Crippen molar-refractivity contribution in [2.24, 2.45) is 0 Å². The average molecular weight is 819 g/mol. The van der Waals surface area contributed by atoms with Gasteiger partial charge in [0.05, 0.1) is 20.5 Å². The van der Waals surface area contributed by atoms with E-state index in [4.69, 9.17) is 24.5 Å². The Kier molecular flexibility index (Phi) is 6.28. The van der Waals surface area contributed by atoms with Gasteiger partial charge < -0.3 is 0 Å². The molecule has 0 atom stereocenters. The summed E-state index contributed by atoms with van der Waals surface area (Å²) in [6.45, 7) is 0. The monoisotopic (exact) mass is 818 g/mol. The number of benzene rings is 9. The standard InChI is InChI=1S/C58H37N3S/c1-5-16-38(17-6-1)40-20-15-21-42(34-40)55-59-56(61-57(60-55)44-29-32-49-50-35-41(39-18-7-2-8-19-39)30-33-53(50)62-54(49)37-44)43-28-31-48-47-26-13-14-27-51(47)58(52(48)36-43,45-22-9-3-10-23-45)46-24-11-4-12-25-46/h1-37H/i2D,7D,8D,18D,19D,29D,30D,32D,33D,35D,37D. The topological polar surface area (TPSA) is 38.7 Å². The Labute approximate surface area is 379 Å². The largest absolute Gasteiger partial charge is 0.208 e. The Bertz CT molecular complexity index is 4040. The lowest BCUT2D eigenvalue weighted by atomic mass is 9.67. The van der Waals surface area contributed by atoms with Crippen LogP contribution in [-0.4, -0.2) is 15.0 Å². The van der Waals surface area contributed by atoms with E-state index >= 15 is 0 Å². The summed E-state index contributed by atoms with van der Waals surface area (Å²) in [4.78, 5) is 15.2. The van der Waals surface area contributed by atoms with E-state index in [9.17, 15) is 5.48 Å². The minimum Gasteiger partial charge on any atom is -0.208 e. The highest BCUT2D eigenvalue weighted by Gasteiger charge is 2.46. The third-order valence-electron chi connectivity index (χ3n) is 11.6. The first-order chi connectivity index (χ1) is 35.3. The molecule has 0 unspecified atom stereocenters. The van der Waals surface area contributed by atoms with Crippen molar-refractivity contribution in [1.29, 1.82) is 0 Å². The Balaban J connectivity index is 1.12. The molecule has 1 aliphatic carbocycles. The third kappa shape index (κ3) is 5.91. The highest BCUT2D eigenvalue weighted by molar-refractivity contribution is 7.25. The Hall–Kier alpha value is -7.79. The van der Waals surface area contributed by atoms with Gasteiger partial charge in [0.25, 0.3) is 0 Å². The van der Waals surface area contributed by atoms with Gasteiger partial charge in [0.15, 0.2) is 17.5 Å². The molecule has 62 heavy (non-hydrogen) atoms. The van der Waals surface area contributed by atoms with Crippen molar-refractivity contribution < 1.29 is 15.1 Å². The lowest BCUT2D eigenvalue weighted by Crippen LogP contribution is -2.28. The minimum atomic E-state index is -0.739. The number of hydrogen-bond acceptors (Lipinski definition) is 4. The van der Waals surface area contributed by atoms with Crippen LogP contribution in [0.4, 0.5) is 0 Å². The van der Waals surface area contributed by atoms with E-state index in [0.29, 0.717) is 11.1 Å². The van der Waals surface area contributed by atoms with Crippen LogP contribution >= 0.6 is 11.3 Å². The van der Waals surface area contributed by atoms with Crippen molar-refractivity contribution in [2.75, 3.05) is 0 Å². The second-order valence-corrected chi connectivity index (χ2v) is 16.1. The van der Waals surface area contributed by atoms with Gasteiger partial charge in [-0.2, -0.15) is 0 Å². The van der Waals surface area contributed by atoms with E-state index in [1.807, 2.05) is 103 Å². The predicted molar refractivity (Wildman–Crippen MR) is 257 cm³/mol. The zero-order valence-electron chi connectivity index (χ0n) is 43.8. The smallest absolute Gasteiger partial charge is 0.164 e. The second-order valence-electron chi connectivity index (χ2n) is 15.1. The molecule has 0 bridgehead atoms. The summed E-state index contributed by atoms with van der Waals surface area (Å²) >= 11 is 0.912. The summed E-state index contributed by atoms with van der Waals surface area (Å²) in [7, 11) is 0. The Morgan fingerprint density at radius 3 is 1.71 bits per heavy atom. The van der Waals surface area contributed by atoms with Crippen molar-refractivity contribution in [2.45, 2.75) is 5.41 Å². The zero-order valence-corrected chi connectivity index (χ0v) is 33.6. The summed E-state index contributed by atoms with van der Waals surface area (Å²) in [5.41, 5.74) is 7.94. The normalized spacial score (nSPS) is 15.1. The summed E-state index contributed by atoms with van der Waals surface area (Å²) in [5.74, 6) is 0.460. The van der Waals surface area contributed by atoms with E-state index in [1.165, 1.54) is 0 Å². The zero-order chi connectivity index (χ0) is 50.6. The fourth-order valence-electron chi connectivity index (χ4n) is 8.80. The van der Waals surface area contributed by atoms with Crippen LogP contribution in [0.25, 0.3) is 87.7 Å². The fraction of sp³-hybridized carbons (Fsp3) is 0.0172. The summed E-state index contributed by atoms with van der Waals surface area (Å²) in [6, 6.07) is 47.3. The van der Waals surface area contributed by atoms with Crippen LogP contribution in [0.3, 0.4) is 0 Å². The third-order valence-corrected chi connectivity index (χ3v) is 12.6. The van der Waals surface area contributed by atoms with Gasteiger partial charge in [-0.05, 0) is 85.9 Å². The molecule has 0 amide bonds. The molecule has 2 heterocycles. The molecule has 9 aromatic carbocycles. The van der Waals surface area contributed by atoms with Crippen LogP contribution in [0.5, 0.6) is 0 Å². The lowest BCUT2D eigenvalue weighted by molar-refractivity contribution is 0.768. The van der Waals surface area contributed by atoms with Gasteiger partial charge in [0.1, 0.15) is 0 Å². The van der Waals surface area contributed by atoms with Crippen molar-refractivity contribution in [3.63, 3.8) is 0 Å². The maximum Gasteiger partial charge on any atom is 0.164 e. The molecule has 0 N–H and O–H groups in total. The maximum absolute atomic E-state index is 9.83. The van der Waals surface area contributed by atoms with E-state index in [2.05, 4.69) is 54.6 Å². The molecule has 0 saturated carbocycles. The fourth-order valence-corrected chi connectivity index (χ4v) is 9.77. The van der Waals surface area contributed by atoms with Gasteiger partial charge in [-0.25, -0.2) is 15.0 Å². The molecule has 1 aliphatic rings. The molecule has 2 aromatic heterocycles. The van der Waals surface area contributed by atoms with E-state index < -0.39 is 71.4 Å². The molecule has 0 fully saturated rings. The molecule has 12 rings (SSSR count). The minimum absolute atomic E-state index is 0.00714. The molecule has 0 spiro atoms. The van der Waals surface area contributed by atoms with E-state index in [0.717, 1.165) is 55.8 Å². The maximum atomic E-state index is 9.83. The summed E-state index contributed by atoms with van der Waals surface area (Å²) < 4.78 is 99.0. The van der Waals surface area contributed by atoms with Crippen LogP contribution < -0.4 is 0 Å². The van der Waals surface area contributed by atoms with Crippen LogP contribution in [0.15, 0.2) is 224 Å². The van der Waals surface area contributed by atoms with Crippen LogP contribution in [0.2, 0.25) is 0 Å². The SMILES string of the molecule is [2H]c1c([2H])c([2H])c(-c2c([2H])c([2H])c3sc4c([2H])c(-c5nc(-c6cccc(-c7ccccc7)c6)nc(-c6ccc7c(c6)C(c6ccccc6)(c6ccccc6)c6ccccc6-7)n5)c([2H])c([2H])c4c3c2[2H])c([2H])c1[2H]. The molecule has 0 radical (unpaired) electrons. The van der Waals surface area contributed by atoms with Crippen molar-refractivity contribution in [3.8, 4) is 67.5 Å². The molecule has 4 heteroatoms. The van der Waals surface area contributed by atoms with Crippen molar-refractivity contribution in [3.05, 3.63) is 246 Å². The van der Waals surface area contributed by atoms with Gasteiger partial charge in [0, 0.05) is 36.9 Å². The van der Waals surface area contributed by atoms with Crippen LogP contribution in [0.1, 0.15) is 37.3 Å². The van der Waals surface area contributed by atoms with Gasteiger partial charge in [0.2, 0.25) is 0 Å². The highest BCUT2D eigenvalue weighted by Crippen LogP contribution is 2.56.